The third kappa shape index (κ3) is 2.17. The zero-order valence-corrected chi connectivity index (χ0v) is 13.3. The van der Waals surface area contributed by atoms with Gasteiger partial charge in [-0.05, 0) is 24.8 Å². The summed E-state index contributed by atoms with van der Waals surface area (Å²) in [6, 6.07) is 1.25. The summed E-state index contributed by atoms with van der Waals surface area (Å²) in [5.74, 6) is -1.22. The molecule has 3 rings (SSSR count). The fourth-order valence-corrected chi connectivity index (χ4v) is 5.42. The quantitative estimate of drug-likeness (QED) is 0.850. The minimum atomic E-state index is -3.91. The van der Waals surface area contributed by atoms with E-state index in [0.717, 1.165) is 12.8 Å². The number of hydrogen-bond donors (Lipinski definition) is 2. The molecular formula is C13H16ClN3O4S. The van der Waals surface area contributed by atoms with E-state index in [2.05, 4.69) is 4.98 Å². The summed E-state index contributed by atoms with van der Waals surface area (Å²) >= 11 is 5.81. The minimum Gasteiger partial charge on any atom is -0.481 e. The normalized spacial score (nSPS) is 28.7. The number of nitrogens with two attached hydrogens (primary N) is 1. The molecule has 2 atom stereocenters. The second-order valence-corrected chi connectivity index (χ2v) is 8.23. The van der Waals surface area contributed by atoms with Crippen molar-refractivity contribution < 1.29 is 18.3 Å². The Balaban J connectivity index is 1.98. The van der Waals surface area contributed by atoms with Gasteiger partial charge in [0.05, 0.1) is 10.4 Å². The third-order valence-corrected chi connectivity index (χ3v) is 6.78. The molecule has 1 aliphatic carbocycles. The summed E-state index contributed by atoms with van der Waals surface area (Å²) in [7, 11) is -3.91. The van der Waals surface area contributed by atoms with Crippen LogP contribution < -0.4 is 5.73 Å². The number of nitrogen functional groups attached to an aromatic ring is 1. The number of nitrogens with zero attached hydrogens (tertiary/aromatic N) is 2. The van der Waals surface area contributed by atoms with Gasteiger partial charge in [0, 0.05) is 19.3 Å². The molecule has 1 aromatic heterocycles. The van der Waals surface area contributed by atoms with Crippen molar-refractivity contribution in [2.45, 2.75) is 24.2 Å². The maximum atomic E-state index is 12.8. The SMILES string of the molecule is Nc1ncc(Cl)cc1S(=O)(=O)N1C[C@@H]2CCC[C@@]2(C(=O)O)C1. The summed E-state index contributed by atoms with van der Waals surface area (Å²) in [6.07, 6.45) is 3.31. The zero-order chi connectivity index (χ0) is 16.1. The number of aliphatic carboxylic acids is 1. The van der Waals surface area contributed by atoms with Crippen LogP contribution >= 0.6 is 11.6 Å². The Morgan fingerprint density at radius 2 is 2.27 bits per heavy atom. The van der Waals surface area contributed by atoms with Crippen molar-refractivity contribution in [3.05, 3.63) is 17.3 Å². The van der Waals surface area contributed by atoms with Crippen LogP contribution in [0.1, 0.15) is 19.3 Å². The van der Waals surface area contributed by atoms with Crippen LogP contribution in [0.5, 0.6) is 0 Å². The summed E-state index contributed by atoms with van der Waals surface area (Å²) in [5, 5.41) is 9.71. The lowest BCUT2D eigenvalue weighted by Crippen LogP contribution is -2.37. The number of halogens is 1. The van der Waals surface area contributed by atoms with Crippen LogP contribution in [0, 0.1) is 11.3 Å². The number of carboxylic acid groups (broad SMARTS) is 1. The molecule has 0 aromatic carbocycles. The Labute approximate surface area is 133 Å². The van der Waals surface area contributed by atoms with Crippen LogP contribution in [0.2, 0.25) is 5.02 Å². The molecule has 2 aliphatic rings. The van der Waals surface area contributed by atoms with Crippen LogP contribution in [0.3, 0.4) is 0 Å². The number of anilines is 1. The first-order valence-corrected chi connectivity index (χ1v) is 8.74. The molecule has 7 nitrogen and oxygen atoms in total. The van der Waals surface area contributed by atoms with Gasteiger partial charge in [0.1, 0.15) is 10.7 Å². The predicted octanol–water partition coefficient (Wildman–Crippen LogP) is 1.19. The van der Waals surface area contributed by atoms with Gasteiger partial charge in [-0.2, -0.15) is 4.31 Å². The summed E-state index contributed by atoms with van der Waals surface area (Å²) < 4.78 is 26.7. The number of carbonyl (C=O) groups is 1. The van der Waals surface area contributed by atoms with Crippen LogP contribution in [0.4, 0.5) is 5.82 Å². The van der Waals surface area contributed by atoms with Crippen molar-refractivity contribution in [1.29, 1.82) is 0 Å². The van der Waals surface area contributed by atoms with E-state index in [1.165, 1.54) is 16.6 Å². The van der Waals surface area contributed by atoms with Gasteiger partial charge >= 0.3 is 5.97 Å². The fraction of sp³-hybridized carbons (Fsp3) is 0.538. The van der Waals surface area contributed by atoms with E-state index < -0.39 is 21.4 Å². The summed E-state index contributed by atoms with van der Waals surface area (Å²) in [4.78, 5) is 15.3. The molecule has 0 unspecified atom stereocenters. The monoisotopic (exact) mass is 345 g/mol. The molecule has 0 bridgehead atoms. The number of pyridine rings is 1. The minimum absolute atomic E-state index is 0.0265. The highest BCUT2D eigenvalue weighted by Crippen LogP contribution is 2.50. The number of rotatable bonds is 3. The van der Waals surface area contributed by atoms with Crippen molar-refractivity contribution in [3.63, 3.8) is 0 Å². The Morgan fingerprint density at radius 1 is 1.55 bits per heavy atom. The molecule has 22 heavy (non-hydrogen) atoms. The van der Waals surface area contributed by atoms with Crippen LogP contribution in [0.15, 0.2) is 17.2 Å². The average Bonchev–Trinajstić information content (AvgIpc) is 2.99. The van der Waals surface area contributed by atoms with Gasteiger partial charge in [-0.1, -0.05) is 18.0 Å². The summed E-state index contributed by atoms with van der Waals surface area (Å²) in [6.45, 7) is 0.169. The number of aromatic nitrogens is 1. The summed E-state index contributed by atoms with van der Waals surface area (Å²) in [5.41, 5.74) is 4.68. The second-order valence-electron chi connectivity index (χ2n) is 5.88. The molecule has 2 heterocycles. The molecule has 1 aliphatic heterocycles. The lowest BCUT2D eigenvalue weighted by atomic mass is 9.81. The molecule has 0 radical (unpaired) electrons. The number of sulfonamides is 1. The van der Waals surface area contributed by atoms with E-state index in [4.69, 9.17) is 17.3 Å². The maximum absolute atomic E-state index is 12.8. The van der Waals surface area contributed by atoms with E-state index >= 15 is 0 Å². The topological polar surface area (TPSA) is 114 Å². The van der Waals surface area contributed by atoms with Crippen LogP contribution in [0.25, 0.3) is 0 Å². The predicted molar refractivity (Wildman–Crippen MR) is 79.8 cm³/mol. The van der Waals surface area contributed by atoms with Crippen LogP contribution in [-0.4, -0.2) is 41.9 Å². The molecule has 2 fully saturated rings. The van der Waals surface area contributed by atoms with E-state index in [-0.39, 0.29) is 34.7 Å². The van der Waals surface area contributed by atoms with E-state index in [1.807, 2.05) is 0 Å². The molecule has 9 heteroatoms. The Hall–Kier alpha value is -1.38. The molecule has 1 saturated heterocycles. The first-order chi connectivity index (χ1) is 10.3. The van der Waals surface area contributed by atoms with E-state index in [0.29, 0.717) is 6.42 Å². The molecule has 3 N–H and O–H groups in total. The van der Waals surface area contributed by atoms with Gasteiger partial charge in [0.2, 0.25) is 10.0 Å². The Bertz CT molecular complexity index is 739. The fourth-order valence-electron chi connectivity index (χ4n) is 3.55. The number of fused-ring (bicyclic) bond motifs is 1. The highest BCUT2D eigenvalue weighted by atomic mass is 35.5. The highest BCUT2D eigenvalue weighted by Gasteiger charge is 2.57. The van der Waals surface area contributed by atoms with E-state index in [9.17, 15) is 18.3 Å². The van der Waals surface area contributed by atoms with Crippen molar-refractivity contribution in [2.24, 2.45) is 11.3 Å². The van der Waals surface area contributed by atoms with Crippen LogP contribution in [-0.2, 0) is 14.8 Å². The largest absolute Gasteiger partial charge is 0.481 e. The molecule has 1 saturated carbocycles. The van der Waals surface area contributed by atoms with Gasteiger partial charge in [0.25, 0.3) is 0 Å². The second kappa shape index (κ2) is 5.07. The van der Waals surface area contributed by atoms with Crippen molar-refractivity contribution in [1.82, 2.24) is 9.29 Å². The van der Waals surface area contributed by atoms with Crippen molar-refractivity contribution in [2.75, 3.05) is 18.8 Å². The van der Waals surface area contributed by atoms with Crippen molar-refractivity contribution in [3.8, 4) is 0 Å². The third-order valence-electron chi connectivity index (χ3n) is 4.73. The zero-order valence-electron chi connectivity index (χ0n) is 11.7. The molecule has 0 spiro atoms. The van der Waals surface area contributed by atoms with Gasteiger partial charge in [-0.3, -0.25) is 4.79 Å². The first kappa shape index (κ1) is 15.5. The van der Waals surface area contributed by atoms with Gasteiger partial charge in [-0.15, -0.1) is 0 Å². The first-order valence-electron chi connectivity index (χ1n) is 6.92. The molecule has 0 amide bonds. The van der Waals surface area contributed by atoms with Gasteiger partial charge in [0.15, 0.2) is 0 Å². The van der Waals surface area contributed by atoms with Crippen molar-refractivity contribution >= 4 is 33.4 Å². The Kier molecular flexibility index (Phi) is 3.58. The Morgan fingerprint density at radius 3 is 2.91 bits per heavy atom. The lowest BCUT2D eigenvalue weighted by Gasteiger charge is -2.23. The molecule has 120 valence electrons. The molecule has 1 aromatic rings. The standard InChI is InChI=1S/C13H16ClN3O4S/c14-9-4-10(11(15)16-5-9)22(20,21)17-6-8-2-1-3-13(8,7-17)12(18)19/h4-5,8H,1-3,6-7H2,(H2,15,16)(H,18,19)/t8-,13+/m0/s1. The highest BCUT2D eigenvalue weighted by molar-refractivity contribution is 7.89. The van der Waals surface area contributed by atoms with Gasteiger partial charge in [-0.25, -0.2) is 13.4 Å². The smallest absolute Gasteiger partial charge is 0.311 e. The number of carboxylic acids is 1. The maximum Gasteiger partial charge on any atom is 0.311 e. The molecular weight excluding hydrogens is 330 g/mol. The van der Waals surface area contributed by atoms with E-state index in [1.54, 1.807) is 0 Å². The number of hydrogen-bond acceptors (Lipinski definition) is 5. The van der Waals surface area contributed by atoms with Gasteiger partial charge < -0.3 is 10.8 Å². The lowest BCUT2D eigenvalue weighted by molar-refractivity contribution is -0.149. The average molecular weight is 346 g/mol.